The van der Waals surface area contributed by atoms with Crippen LogP contribution in [-0.4, -0.2) is 30.9 Å². The Bertz CT molecular complexity index is 1320. The van der Waals surface area contributed by atoms with Crippen LogP contribution in [0, 0.1) is 0 Å². The summed E-state index contributed by atoms with van der Waals surface area (Å²) in [5.41, 5.74) is 2.33. The quantitative estimate of drug-likeness (QED) is 0.310. The zero-order valence-electron chi connectivity index (χ0n) is 19.5. The van der Waals surface area contributed by atoms with Gasteiger partial charge in [-0.15, -0.1) is 0 Å². The van der Waals surface area contributed by atoms with Crippen LogP contribution >= 0.6 is 0 Å². The highest BCUT2D eigenvalue weighted by atomic mass is 16.5. The monoisotopic (exact) mass is 472 g/mol. The standard InChI is InChI=1S/C27H24N2O6/c1-4-16(2)17-9-11-20(12-10-17)29-25(31)22(24(30)28-27(29)33)15-21-13-14-23(35-21)18-5-7-19(8-6-18)26(32)34-3/h5-16H,4H2,1-3H3,(H,28,30,33)/b22-15-/t16-/m1/s1. The number of carbonyl (C=O) groups excluding carboxylic acids is 4. The van der Waals surface area contributed by atoms with Crippen LogP contribution in [0.2, 0.25) is 0 Å². The number of benzene rings is 2. The van der Waals surface area contributed by atoms with Gasteiger partial charge < -0.3 is 9.15 Å². The summed E-state index contributed by atoms with van der Waals surface area (Å²) in [5, 5.41) is 2.21. The summed E-state index contributed by atoms with van der Waals surface area (Å²) in [6.45, 7) is 4.18. The Morgan fingerprint density at radius 3 is 2.34 bits per heavy atom. The molecule has 1 aromatic heterocycles. The Labute approximate surface area is 202 Å². The van der Waals surface area contributed by atoms with Gasteiger partial charge in [0.1, 0.15) is 17.1 Å². The summed E-state index contributed by atoms with van der Waals surface area (Å²) < 4.78 is 10.5. The first-order valence-electron chi connectivity index (χ1n) is 11.1. The molecule has 178 valence electrons. The molecular formula is C27H24N2O6. The molecule has 1 N–H and O–H groups in total. The minimum Gasteiger partial charge on any atom is -0.465 e. The minimum atomic E-state index is -0.806. The topological polar surface area (TPSA) is 106 Å². The summed E-state index contributed by atoms with van der Waals surface area (Å²) >= 11 is 0. The van der Waals surface area contributed by atoms with Gasteiger partial charge in [-0.3, -0.25) is 14.9 Å². The first-order valence-corrected chi connectivity index (χ1v) is 11.1. The molecule has 4 rings (SSSR count). The average Bonchev–Trinajstić information content (AvgIpc) is 3.34. The molecule has 0 radical (unpaired) electrons. The average molecular weight is 472 g/mol. The fourth-order valence-corrected chi connectivity index (χ4v) is 3.70. The van der Waals surface area contributed by atoms with E-state index >= 15 is 0 Å². The van der Waals surface area contributed by atoms with Gasteiger partial charge in [-0.05, 0) is 60.4 Å². The number of nitrogens with one attached hydrogen (secondary N) is 1. The number of imide groups is 2. The van der Waals surface area contributed by atoms with Crippen LogP contribution in [0.1, 0.15) is 47.9 Å². The molecule has 0 bridgehead atoms. The van der Waals surface area contributed by atoms with Gasteiger partial charge in [0.2, 0.25) is 0 Å². The number of hydrogen-bond acceptors (Lipinski definition) is 6. The predicted molar refractivity (Wildman–Crippen MR) is 130 cm³/mol. The smallest absolute Gasteiger partial charge is 0.337 e. The van der Waals surface area contributed by atoms with Gasteiger partial charge in [0, 0.05) is 5.56 Å². The second kappa shape index (κ2) is 9.80. The van der Waals surface area contributed by atoms with E-state index < -0.39 is 23.8 Å². The van der Waals surface area contributed by atoms with Gasteiger partial charge in [0.05, 0.1) is 18.4 Å². The van der Waals surface area contributed by atoms with Crippen molar-refractivity contribution in [3.8, 4) is 11.3 Å². The molecule has 1 aliphatic rings. The molecule has 2 heterocycles. The maximum Gasteiger partial charge on any atom is 0.337 e. The van der Waals surface area contributed by atoms with Crippen LogP contribution < -0.4 is 10.2 Å². The molecule has 8 heteroatoms. The van der Waals surface area contributed by atoms with Crippen molar-refractivity contribution < 1.29 is 28.3 Å². The van der Waals surface area contributed by atoms with Gasteiger partial charge in [-0.25, -0.2) is 14.5 Å². The predicted octanol–water partition coefficient (Wildman–Crippen LogP) is 4.91. The van der Waals surface area contributed by atoms with Crippen molar-refractivity contribution in [1.82, 2.24) is 5.32 Å². The molecule has 0 unspecified atom stereocenters. The lowest BCUT2D eigenvalue weighted by molar-refractivity contribution is -0.122. The highest BCUT2D eigenvalue weighted by Gasteiger charge is 2.37. The third-order valence-electron chi connectivity index (χ3n) is 5.94. The lowest BCUT2D eigenvalue weighted by Crippen LogP contribution is -2.54. The number of anilines is 1. The Kier molecular flexibility index (Phi) is 6.64. The molecule has 1 aliphatic heterocycles. The van der Waals surface area contributed by atoms with Crippen LogP contribution in [0.5, 0.6) is 0 Å². The van der Waals surface area contributed by atoms with Gasteiger partial charge in [-0.2, -0.15) is 0 Å². The number of methoxy groups -OCH3 is 1. The van der Waals surface area contributed by atoms with E-state index in [-0.39, 0.29) is 11.3 Å². The highest BCUT2D eigenvalue weighted by molar-refractivity contribution is 6.39. The molecule has 1 atom stereocenters. The van der Waals surface area contributed by atoms with E-state index in [0.717, 1.165) is 16.9 Å². The Morgan fingerprint density at radius 1 is 1.03 bits per heavy atom. The van der Waals surface area contributed by atoms with Gasteiger partial charge in [0.25, 0.3) is 11.8 Å². The zero-order chi connectivity index (χ0) is 25.1. The largest absolute Gasteiger partial charge is 0.465 e. The molecule has 2 aromatic carbocycles. The van der Waals surface area contributed by atoms with Crippen LogP contribution in [0.25, 0.3) is 17.4 Å². The number of ether oxygens (including phenoxy) is 1. The van der Waals surface area contributed by atoms with Gasteiger partial charge >= 0.3 is 12.0 Å². The zero-order valence-corrected chi connectivity index (χ0v) is 19.5. The first kappa shape index (κ1) is 23.7. The summed E-state index contributed by atoms with van der Waals surface area (Å²) in [6, 6.07) is 16.2. The lowest BCUT2D eigenvalue weighted by atomic mass is 9.98. The van der Waals surface area contributed by atoms with Gasteiger partial charge in [0.15, 0.2) is 0 Å². The molecule has 1 saturated heterocycles. The molecule has 0 aliphatic carbocycles. The van der Waals surface area contributed by atoms with Crippen LogP contribution in [-0.2, 0) is 14.3 Å². The molecule has 4 amide bonds. The minimum absolute atomic E-state index is 0.224. The number of urea groups is 1. The number of amides is 4. The van der Waals surface area contributed by atoms with E-state index in [1.807, 2.05) is 12.1 Å². The van der Waals surface area contributed by atoms with Crippen molar-refractivity contribution in [2.75, 3.05) is 12.0 Å². The maximum absolute atomic E-state index is 13.1. The van der Waals surface area contributed by atoms with Gasteiger partial charge in [-0.1, -0.05) is 38.1 Å². The van der Waals surface area contributed by atoms with E-state index in [2.05, 4.69) is 19.2 Å². The second-order valence-corrected chi connectivity index (χ2v) is 8.13. The Balaban J connectivity index is 1.59. The number of carbonyl (C=O) groups is 4. The fourth-order valence-electron chi connectivity index (χ4n) is 3.70. The van der Waals surface area contributed by atoms with Crippen LogP contribution in [0.4, 0.5) is 10.5 Å². The molecule has 3 aromatic rings. The molecule has 8 nitrogen and oxygen atoms in total. The molecule has 35 heavy (non-hydrogen) atoms. The fraction of sp³-hybridized carbons (Fsp3) is 0.185. The maximum atomic E-state index is 13.1. The normalized spacial score (nSPS) is 15.8. The lowest BCUT2D eigenvalue weighted by Gasteiger charge is -2.26. The summed E-state index contributed by atoms with van der Waals surface area (Å²) in [5.74, 6) is -0.903. The highest BCUT2D eigenvalue weighted by Crippen LogP contribution is 2.27. The number of furan rings is 1. The van der Waals surface area contributed by atoms with Crippen molar-refractivity contribution in [3.63, 3.8) is 0 Å². The number of hydrogen-bond donors (Lipinski definition) is 1. The first-order chi connectivity index (χ1) is 16.8. The Morgan fingerprint density at radius 2 is 1.71 bits per heavy atom. The summed E-state index contributed by atoms with van der Waals surface area (Å²) in [7, 11) is 1.31. The summed E-state index contributed by atoms with van der Waals surface area (Å²) in [6.07, 6.45) is 2.27. The van der Waals surface area contributed by atoms with E-state index in [1.165, 1.54) is 13.2 Å². The van der Waals surface area contributed by atoms with Crippen molar-refractivity contribution in [1.29, 1.82) is 0 Å². The van der Waals surface area contributed by atoms with Crippen LogP contribution in [0.3, 0.4) is 0 Å². The summed E-state index contributed by atoms with van der Waals surface area (Å²) in [4.78, 5) is 50.6. The molecule has 0 saturated carbocycles. The number of barbiturate groups is 1. The Hall–Kier alpha value is -4.46. The SMILES string of the molecule is CC[C@@H](C)c1ccc(N2C(=O)NC(=O)/C(=C/c3ccc(-c4ccc(C(=O)OC)cc4)o3)C2=O)cc1. The number of esters is 1. The molecule has 1 fully saturated rings. The van der Waals surface area contributed by atoms with Crippen molar-refractivity contribution in [2.45, 2.75) is 26.2 Å². The van der Waals surface area contributed by atoms with E-state index in [1.54, 1.807) is 48.5 Å². The third-order valence-corrected chi connectivity index (χ3v) is 5.94. The molecular weight excluding hydrogens is 448 g/mol. The van der Waals surface area contributed by atoms with E-state index in [4.69, 9.17) is 9.15 Å². The van der Waals surface area contributed by atoms with Crippen molar-refractivity contribution in [3.05, 3.63) is 83.1 Å². The van der Waals surface area contributed by atoms with Crippen molar-refractivity contribution >= 4 is 35.6 Å². The number of rotatable bonds is 6. The molecule has 0 spiro atoms. The third kappa shape index (κ3) is 4.77. The van der Waals surface area contributed by atoms with E-state index in [9.17, 15) is 19.2 Å². The van der Waals surface area contributed by atoms with Crippen molar-refractivity contribution in [2.24, 2.45) is 0 Å². The second-order valence-electron chi connectivity index (χ2n) is 8.13. The number of nitrogens with zero attached hydrogens (tertiary/aromatic N) is 1. The van der Waals surface area contributed by atoms with E-state index in [0.29, 0.717) is 28.5 Å². The van der Waals surface area contributed by atoms with Crippen LogP contribution in [0.15, 0.2) is 70.7 Å².